The van der Waals surface area contributed by atoms with Crippen LogP contribution in [-0.2, 0) is 9.47 Å². The summed E-state index contributed by atoms with van der Waals surface area (Å²) in [7, 11) is 1.53. The van der Waals surface area contributed by atoms with Crippen LogP contribution in [0.2, 0.25) is 0 Å². The van der Waals surface area contributed by atoms with Crippen molar-refractivity contribution >= 4 is 17.3 Å². The van der Waals surface area contributed by atoms with E-state index in [1.165, 1.54) is 7.11 Å². The van der Waals surface area contributed by atoms with Crippen LogP contribution in [0, 0.1) is 5.92 Å². The number of nitrogens with zero attached hydrogens (tertiary/aromatic N) is 2. The summed E-state index contributed by atoms with van der Waals surface area (Å²) < 4.78 is 11.3. The van der Waals surface area contributed by atoms with Crippen molar-refractivity contribution in [1.82, 2.24) is 4.90 Å². The summed E-state index contributed by atoms with van der Waals surface area (Å²) in [5.41, 5.74) is 7.41. The maximum Gasteiger partial charge on any atom is 0.124 e. The van der Waals surface area contributed by atoms with Gasteiger partial charge in [-0.15, -0.1) is 0 Å². The highest BCUT2D eigenvalue weighted by Crippen LogP contribution is 2.38. The van der Waals surface area contributed by atoms with E-state index in [4.69, 9.17) is 26.8 Å². The predicted octanol–water partition coefficient (Wildman–Crippen LogP) is -0.221. The summed E-state index contributed by atoms with van der Waals surface area (Å²) in [4.78, 5) is 6.43. The topological polar surface area (TPSA) is 101 Å². The number of halogens is 1. The van der Waals surface area contributed by atoms with E-state index in [-0.39, 0.29) is 12.5 Å². The van der Waals surface area contributed by atoms with E-state index >= 15 is 0 Å². The van der Waals surface area contributed by atoms with Crippen LogP contribution in [0.1, 0.15) is 6.92 Å². The summed E-state index contributed by atoms with van der Waals surface area (Å²) >= 11 is 6.44. The average Bonchev–Trinajstić information content (AvgIpc) is 3.08. The minimum atomic E-state index is -0.887. The van der Waals surface area contributed by atoms with Crippen LogP contribution in [-0.4, -0.2) is 72.0 Å². The molecule has 8 heteroatoms. The van der Waals surface area contributed by atoms with Gasteiger partial charge < -0.3 is 30.3 Å². The molecule has 3 rings (SSSR count). The summed E-state index contributed by atoms with van der Waals surface area (Å²) in [5.74, 6) is 0.253. The molecule has 0 aliphatic carbocycles. The Morgan fingerprint density at radius 2 is 2.30 bits per heavy atom. The molecule has 3 aliphatic heterocycles. The molecule has 0 spiro atoms. The van der Waals surface area contributed by atoms with Crippen LogP contribution in [0.25, 0.3) is 0 Å². The van der Waals surface area contributed by atoms with Gasteiger partial charge in [-0.25, -0.2) is 4.99 Å². The molecule has 0 aromatic carbocycles. The highest BCUT2D eigenvalue weighted by Gasteiger charge is 2.50. The Labute approximate surface area is 140 Å². The number of methoxy groups -OCH3 is 1. The van der Waals surface area contributed by atoms with Crippen molar-refractivity contribution in [3.8, 4) is 0 Å². The van der Waals surface area contributed by atoms with Gasteiger partial charge in [0.2, 0.25) is 0 Å². The number of nitrogens with two attached hydrogens (primary N) is 1. The van der Waals surface area contributed by atoms with Gasteiger partial charge in [0.15, 0.2) is 0 Å². The number of hydrogen-bond acceptors (Lipinski definition) is 7. The Balaban J connectivity index is 1.95. The molecule has 5 atom stereocenters. The summed E-state index contributed by atoms with van der Waals surface area (Å²) in [6, 6.07) is 0. The van der Waals surface area contributed by atoms with Crippen LogP contribution < -0.4 is 5.73 Å². The largest absolute Gasteiger partial charge is 0.394 e. The minimum absolute atomic E-state index is 0.152. The molecular weight excluding hydrogens is 322 g/mol. The molecule has 4 N–H and O–H groups in total. The number of hydrogen-bond donors (Lipinski definition) is 3. The smallest absolute Gasteiger partial charge is 0.124 e. The molecule has 7 nitrogen and oxygen atoms in total. The number of aliphatic hydroxyl groups is 2. The van der Waals surface area contributed by atoms with Crippen molar-refractivity contribution in [3.05, 3.63) is 22.6 Å². The third-order valence-corrected chi connectivity index (χ3v) is 5.13. The number of aliphatic imine (C=N–C) groups is 1. The molecule has 0 amide bonds. The molecule has 1 unspecified atom stereocenters. The SMILES string of the molecule is CCN1CC([C@@H]2O[C@H](CO)[C@@H](O)[C@H]2OC)C2=NC(N)=CC2=C1Cl. The molecule has 0 radical (unpaired) electrons. The van der Waals surface area contributed by atoms with Crippen LogP contribution >= 0.6 is 11.6 Å². The summed E-state index contributed by atoms with van der Waals surface area (Å²) in [6.07, 6.45) is -0.777. The molecule has 1 saturated heterocycles. The first-order valence-electron chi connectivity index (χ1n) is 7.69. The Morgan fingerprint density at radius 1 is 1.57 bits per heavy atom. The molecule has 0 saturated carbocycles. The fraction of sp³-hybridized carbons (Fsp3) is 0.667. The number of ether oxygens (including phenoxy) is 2. The lowest BCUT2D eigenvalue weighted by Crippen LogP contribution is -2.48. The highest BCUT2D eigenvalue weighted by atomic mass is 35.5. The zero-order valence-electron chi connectivity index (χ0n) is 13.1. The molecule has 23 heavy (non-hydrogen) atoms. The first-order valence-corrected chi connectivity index (χ1v) is 8.07. The first-order chi connectivity index (χ1) is 11.0. The number of fused-ring (bicyclic) bond motifs is 1. The van der Waals surface area contributed by atoms with Gasteiger partial charge in [-0.05, 0) is 13.0 Å². The van der Waals surface area contributed by atoms with Crippen molar-refractivity contribution in [2.75, 3.05) is 26.8 Å². The molecule has 0 aromatic heterocycles. The standard InChI is InChI=1S/C15H22ClN3O4/c1-3-19-5-8(11-7(15(19)16)4-10(17)18-11)13-14(22-2)12(21)9(6-20)23-13/h4,8-9,12-14,20-21H,3,5-6,17H2,1-2H3/t8?,9-,12-,13+,14-/m1/s1. The molecular formula is C15H22ClN3O4. The van der Waals surface area contributed by atoms with Gasteiger partial charge in [-0.2, -0.15) is 0 Å². The molecule has 0 bridgehead atoms. The second-order valence-corrected chi connectivity index (χ2v) is 6.29. The number of aliphatic hydroxyl groups excluding tert-OH is 2. The first kappa shape index (κ1) is 16.7. The monoisotopic (exact) mass is 343 g/mol. The molecule has 3 aliphatic rings. The zero-order valence-corrected chi connectivity index (χ0v) is 13.9. The number of allylic oxidation sites excluding steroid dienone is 2. The van der Waals surface area contributed by atoms with Gasteiger partial charge in [-0.1, -0.05) is 11.6 Å². The average molecular weight is 344 g/mol. The van der Waals surface area contributed by atoms with E-state index in [0.29, 0.717) is 17.5 Å². The Hall–Kier alpha value is -1.12. The van der Waals surface area contributed by atoms with Gasteiger partial charge in [0.25, 0.3) is 0 Å². The third-order valence-electron chi connectivity index (χ3n) is 4.69. The van der Waals surface area contributed by atoms with Gasteiger partial charge in [0.05, 0.1) is 18.4 Å². The van der Waals surface area contributed by atoms with Gasteiger partial charge in [0.1, 0.15) is 29.3 Å². The second-order valence-electron chi connectivity index (χ2n) is 5.93. The van der Waals surface area contributed by atoms with Gasteiger partial charge in [0, 0.05) is 31.7 Å². The van der Waals surface area contributed by atoms with Crippen molar-refractivity contribution in [1.29, 1.82) is 0 Å². The maximum absolute atomic E-state index is 10.3. The Kier molecular flexibility index (Phi) is 4.66. The van der Waals surface area contributed by atoms with E-state index in [1.54, 1.807) is 6.08 Å². The van der Waals surface area contributed by atoms with Crippen molar-refractivity contribution in [3.63, 3.8) is 0 Å². The lowest BCUT2D eigenvalue weighted by molar-refractivity contribution is -0.0400. The van der Waals surface area contributed by atoms with Crippen molar-refractivity contribution in [2.24, 2.45) is 16.6 Å². The third kappa shape index (κ3) is 2.66. The zero-order chi connectivity index (χ0) is 16.7. The highest BCUT2D eigenvalue weighted by molar-refractivity contribution is 6.33. The summed E-state index contributed by atoms with van der Waals surface area (Å²) in [6.45, 7) is 3.07. The van der Waals surface area contributed by atoms with Crippen LogP contribution in [0.15, 0.2) is 27.6 Å². The van der Waals surface area contributed by atoms with Gasteiger partial charge >= 0.3 is 0 Å². The predicted molar refractivity (Wildman–Crippen MR) is 85.9 cm³/mol. The van der Waals surface area contributed by atoms with E-state index in [9.17, 15) is 10.2 Å². The molecule has 0 aromatic rings. The Bertz CT molecular complexity index is 577. The summed E-state index contributed by atoms with van der Waals surface area (Å²) in [5, 5.41) is 20.3. The lowest BCUT2D eigenvalue weighted by Gasteiger charge is -2.37. The van der Waals surface area contributed by atoms with Crippen molar-refractivity contribution < 1.29 is 19.7 Å². The molecule has 128 valence electrons. The van der Waals surface area contributed by atoms with Crippen LogP contribution in [0.4, 0.5) is 0 Å². The fourth-order valence-corrected chi connectivity index (χ4v) is 3.86. The fourth-order valence-electron chi connectivity index (χ4n) is 3.52. The minimum Gasteiger partial charge on any atom is -0.394 e. The van der Waals surface area contributed by atoms with Crippen LogP contribution in [0.3, 0.4) is 0 Å². The number of rotatable bonds is 4. The van der Waals surface area contributed by atoms with Gasteiger partial charge in [-0.3, -0.25) is 0 Å². The molecule has 3 heterocycles. The normalized spacial score (nSPS) is 37.1. The van der Waals surface area contributed by atoms with E-state index < -0.39 is 24.4 Å². The van der Waals surface area contributed by atoms with E-state index in [2.05, 4.69) is 4.99 Å². The van der Waals surface area contributed by atoms with Crippen molar-refractivity contribution in [2.45, 2.75) is 31.3 Å². The van der Waals surface area contributed by atoms with E-state index in [1.807, 2.05) is 11.8 Å². The Morgan fingerprint density at radius 3 is 2.91 bits per heavy atom. The van der Waals surface area contributed by atoms with Crippen LogP contribution in [0.5, 0.6) is 0 Å². The lowest BCUT2D eigenvalue weighted by atomic mass is 9.86. The van der Waals surface area contributed by atoms with E-state index in [0.717, 1.165) is 17.8 Å². The molecule has 1 fully saturated rings. The quantitative estimate of drug-likeness (QED) is 0.610. The second kappa shape index (κ2) is 6.41. The maximum atomic E-state index is 10.3.